The van der Waals surface area contributed by atoms with E-state index >= 15 is 0 Å². The normalized spacial score (nSPS) is 20.0. The average molecular weight is 355 g/mol. The van der Waals surface area contributed by atoms with Crippen molar-refractivity contribution < 1.29 is 23.1 Å². The van der Waals surface area contributed by atoms with Crippen LogP contribution in [0, 0.1) is 5.92 Å². The van der Waals surface area contributed by atoms with Crippen molar-refractivity contribution in [3.05, 3.63) is 35.4 Å². The van der Waals surface area contributed by atoms with Crippen LogP contribution in [0.25, 0.3) is 0 Å². The molecule has 1 saturated carbocycles. The SMILES string of the molecule is O=C(O)CC1CCCCC1=NCCCCc1ccc(C(F)(F)F)cc1. The number of halogens is 3. The lowest BCUT2D eigenvalue weighted by Crippen LogP contribution is -2.22. The summed E-state index contributed by atoms with van der Waals surface area (Å²) in [6.07, 6.45) is 2.21. The molecule has 25 heavy (non-hydrogen) atoms. The van der Waals surface area contributed by atoms with E-state index in [1.807, 2.05) is 0 Å². The summed E-state index contributed by atoms with van der Waals surface area (Å²) < 4.78 is 37.5. The van der Waals surface area contributed by atoms with Crippen molar-refractivity contribution in [1.29, 1.82) is 0 Å². The molecule has 138 valence electrons. The van der Waals surface area contributed by atoms with Crippen LogP contribution in [0.5, 0.6) is 0 Å². The molecule has 1 N–H and O–H groups in total. The molecule has 1 unspecified atom stereocenters. The zero-order chi connectivity index (χ0) is 18.3. The van der Waals surface area contributed by atoms with Gasteiger partial charge in [0, 0.05) is 18.2 Å². The van der Waals surface area contributed by atoms with E-state index in [0.717, 1.165) is 68.4 Å². The van der Waals surface area contributed by atoms with Gasteiger partial charge >= 0.3 is 12.1 Å². The highest BCUT2D eigenvalue weighted by Gasteiger charge is 2.29. The highest BCUT2D eigenvalue weighted by molar-refractivity contribution is 5.90. The molecule has 0 saturated heterocycles. The molecule has 0 amide bonds. The van der Waals surface area contributed by atoms with Gasteiger partial charge in [-0.05, 0) is 56.2 Å². The molecule has 0 spiro atoms. The quantitative estimate of drug-likeness (QED) is 0.689. The zero-order valence-corrected chi connectivity index (χ0v) is 14.2. The summed E-state index contributed by atoms with van der Waals surface area (Å²) in [5, 5.41) is 8.96. The number of carbonyl (C=O) groups is 1. The van der Waals surface area contributed by atoms with Crippen LogP contribution in [0.2, 0.25) is 0 Å². The second-order valence-corrected chi connectivity index (χ2v) is 6.57. The Bertz CT molecular complexity index is 594. The number of aliphatic imine (C=N–C) groups is 1. The lowest BCUT2D eigenvalue weighted by molar-refractivity contribution is -0.138. The van der Waals surface area contributed by atoms with Gasteiger partial charge < -0.3 is 5.11 Å². The molecule has 0 heterocycles. The summed E-state index contributed by atoms with van der Waals surface area (Å²) in [6, 6.07) is 5.29. The van der Waals surface area contributed by atoms with E-state index in [2.05, 4.69) is 4.99 Å². The van der Waals surface area contributed by atoms with E-state index in [-0.39, 0.29) is 12.3 Å². The maximum Gasteiger partial charge on any atom is 0.416 e. The Hall–Kier alpha value is -1.85. The van der Waals surface area contributed by atoms with Crippen molar-refractivity contribution in [2.45, 2.75) is 57.5 Å². The first-order chi connectivity index (χ1) is 11.9. The topological polar surface area (TPSA) is 49.7 Å². The van der Waals surface area contributed by atoms with Gasteiger partial charge in [0.1, 0.15) is 0 Å². The van der Waals surface area contributed by atoms with E-state index in [0.29, 0.717) is 6.54 Å². The van der Waals surface area contributed by atoms with Gasteiger partial charge in [-0.15, -0.1) is 0 Å². The molecule has 6 heteroatoms. The molecule has 1 aromatic rings. The number of alkyl halides is 3. The third-order valence-electron chi connectivity index (χ3n) is 4.60. The highest BCUT2D eigenvalue weighted by atomic mass is 19.4. The Morgan fingerprint density at radius 2 is 1.88 bits per heavy atom. The third kappa shape index (κ3) is 6.52. The Labute approximate surface area is 146 Å². The minimum absolute atomic E-state index is 0.0705. The van der Waals surface area contributed by atoms with Crippen molar-refractivity contribution in [2.75, 3.05) is 6.54 Å². The number of nitrogens with zero attached hydrogens (tertiary/aromatic N) is 1. The van der Waals surface area contributed by atoms with Crippen LogP contribution in [-0.2, 0) is 17.4 Å². The van der Waals surface area contributed by atoms with Crippen molar-refractivity contribution >= 4 is 11.7 Å². The van der Waals surface area contributed by atoms with Gasteiger partial charge in [0.25, 0.3) is 0 Å². The number of rotatable bonds is 7. The summed E-state index contributed by atoms with van der Waals surface area (Å²) in [7, 11) is 0. The van der Waals surface area contributed by atoms with Crippen molar-refractivity contribution in [1.82, 2.24) is 0 Å². The molecular weight excluding hydrogens is 331 g/mol. The van der Waals surface area contributed by atoms with Crippen molar-refractivity contribution in [3.8, 4) is 0 Å². The fourth-order valence-corrected chi connectivity index (χ4v) is 3.23. The highest BCUT2D eigenvalue weighted by Crippen LogP contribution is 2.29. The van der Waals surface area contributed by atoms with Crippen LogP contribution in [-0.4, -0.2) is 23.3 Å². The van der Waals surface area contributed by atoms with E-state index in [1.165, 1.54) is 12.1 Å². The Morgan fingerprint density at radius 3 is 2.52 bits per heavy atom. The lowest BCUT2D eigenvalue weighted by Gasteiger charge is -2.22. The molecule has 1 aliphatic carbocycles. The van der Waals surface area contributed by atoms with E-state index in [1.54, 1.807) is 0 Å². The number of aliphatic carboxylic acids is 1. The first-order valence-corrected chi connectivity index (χ1v) is 8.77. The molecule has 1 aliphatic rings. The molecule has 1 atom stereocenters. The van der Waals surface area contributed by atoms with Crippen LogP contribution in [0.15, 0.2) is 29.3 Å². The lowest BCUT2D eigenvalue weighted by atomic mass is 9.85. The van der Waals surface area contributed by atoms with Gasteiger partial charge in [-0.25, -0.2) is 0 Å². The maximum absolute atomic E-state index is 12.5. The van der Waals surface area contributed by atoms with E-state index in [4.69, 9.17) is 5.11 Å². The van der Waals surface area contributed by atoms with Crippen LogP contribution in [0.1, 0.15) is 56.1 Å². The van der Waals surface area contributed by atoms with Crippen molar-refractivity contribution in [3.63, 3.8) is 0 Å². The number of benzene rings is 1. The fraction of sp³-hybridized carbons (Fsp3) is 0.579. The molecule has 1 fully saturated rings. The number of aryl methyl sites for hydroxylation is 1. The van der Waals surface area contributed by atoms with Gasteiger partial charge in [-0.1, -0.05) is 18.6 Å². The number of unbranched alkanes of at least 4 members (excludes halogenated alkanes) is 1. The number of hydrogen-bond donors (Lipinski definition) is 1. The first-order valence-electron chi connectivity index (χ1n) is 8.77. The van der Waals surface area contributed by atoms with Crippen LogP contribution < -0.4 is 0 Å². The first kappa shape index (κ1) is 19.5. The summed E-state index contributed by atoms with van der Waals surface area (Å²) in [6.45, 7) is 0.659. The fourth-order valence-electron chi connectivity index (χ4n) is 3.23. The zero-order valence-electron chi connectivity index (χ0n) is 14.2. The summed E-state index contributed by atoms with van der Waals surface area (Å²) in [4.78, 5) is 15.5. The average Bonchev–Trinajstić information content (AvgIpc) is 2.55. The van der Waals surface area contributed by atoms with Gasteiger partial charge in [0.15, 0.2) is 0 Å². The molecule has 0 aliphatic heterocycles. The van der Waals surface area contributed by atoms with Gasteiger partial charge in [-0.2, -0.15) is 13.2 Å². The summed E-state index contributed by atoms with van der Waals surface area (Å²) in [5.41, 5.74) is 1.30. The summed E-state index contributed by atoms with van der Waals surface area (Å²) in [5.74, 6) is -0.705. The van der Waals surface area contributed by atoms with Crippen LogP contribution in [0.3, 0.4) is 0 Å². The predicted octanol–water partition coefficient (Wildman–Crippen LogP) is 5.13. The monoisotopic (exact) mass is 355 g/mol. The van der Waals surface area contributed by atoms with Crippen molar-refractivity contribution in [2.24, 2.45) is 10.9 Å². The molecule has 0 bridgehead atoms. The summed E-state index contributed by atoms with van der Waals surface area (Å²) >= 11 is 0. The molecule has 3 nitrogen and oxygen atoms in total. The van der Waals surface area contributed by atoms with Crippen LogP contribution in [0.4, 0.5) is 13.2 Å². The third-order valence-corrected chi connectivity index (χ3v) is 4.60. The molecule has 0 aromatic heterocycles. The van der Waals surface area contributed by atoms with Crippen LogP contribution >= 0.6 is 0 Å². The molecule has 1 aromatic carbocycles. The molecule has 2 rings (SSSR count). The van der Waals surface area contributed by atoms with E-state index in [9.17, 15) is 18.0 Å². The number of carboxylic acids is 1. The minimum atomic E-state index is -4.29. The second-order valence-electron chi connectivity index (χ2n) is 6.57. The maximum atomic E-state index is 12.5. The largest absolute Gasteiger partial charge is 0.481 e. The Morgan fingerprint density at radius 1 is 1.16 bits per heavy atom. The Kier molecular flexibility index (Phi) is 7.02. The smallest absolute Gasteiger partial charge is 0.416 e. The second kappa shape index (κ2) is 9.02. The standard InChI is InChI=1S/C19H24F3NO2/c20-19(21,22)16-10-8-14(9-11-16)5-3-4-12-23-17-7-2-1-6-15(17)13-18(24)25/h8-11,15H,1-7,12-13H2,(H,24,25). The minimum Gasteiger partial charge on any atom is -0.481 e. The predicted molar refractivity (Wildman–Crippen MR) is 90.9 cm³/mol. The van der Waals surface area contributed by atoms with E-state index < -0.39 is 17.7 Å². The van der Waals surface area contributed by atoms with Gasteiger partial charge in [-0.3, -0.25) is 9.79 Å². The van der Waals surface area contributed by atoms with Gasteiger partial charge in [0.2, 0.25) is 0 Å². The van der Waals surface area contributed by atoms with Gasteiger partial charge in [0.05, 0.1) is 12.0 Å². The molecular formula is C19H24F3NO2. The number of carboxylic acid groups (broad SMARTS) is 1. The number of hydrogen-bond acceptors (Lipinski definition) is 2. The Balaban J connectivity index is 1.75. The molecule has 0 radical (unpaired) electrons.